The smallest absolute Gasteiger partial charge is 0.261 e. The summed E-state index contributed by atoms with van der Waals surface area (Å²) in [4.78, 5) is 4.69. The molecule has 0 saturated carbocycles. The lowest BCUT2D eigenvalue weighted by molar-refractivity contribution is 0.465. The maximum absolute atomic E-state index is 6.89. The molecule has 2 aromatic heterocycles. The predicted octanol–water partition coefficient (Wildman–Crippen LogP) is 17.8. The Morgan fingerprint density at radius 3 is 1.17 bits per heavy atom. The van der Waals surface area contributed by atoms with E-state index in [-0.39, 0.29) is 6.71 Å². The van der Waals surface area contributed by atoms with Crippen molar-refractivity contribution in [2.24, 2.45) is 0 Å². The van der Waals surface area contributed by atoms with Crippen LogP contribution in [0.1, 0.15) is 0 Å². The molecule has 4 heterocycles. The number of furan rings is 2. The van der Waals surface area contributed by atoms with Gasteiger partial charge >= 0.3 is 0 Å². The van der Waals surface area contributed by atoms with Crippen molar-refractivity contribution < 1.29 is 18.3 Å². The van der Waals surface area contributed by atoms with Gasteiger partial charge in [0, 0.05) is 60.5 Å². The van der Waals surface area contributed by atoms with Gasteiger partial charge in [0.05, 0.1) is 11.4 Å². The Morgan fingerprint density at radius 1 is 0.260 bits per heavy atom. The second-order valence-corrected chi connectivity index (χ2v) is 20.4. The average Bonchev–Trinajstić information content (AvgIpc) is 4.10. The van der Waals surface area contributed by atoms with Crippen LogP contribution in [0.3, 0.4) is 0 Å². The van der Waals surface area contributed by atoms with Gasteiger partial charge in [-0.05, 0) is 165 Å². The van der Waals surface area contributed by atoms with Gasteiger partial charge in [-0.25, -0.2) is 0 Å². The first-order chi connectivity index (χ1) is 38.1. The minimum absolute atomic E-state index is 0.191. The van der Waals surface area contributed by atoms with E-state index in [2.05, 4.69) is 240 Å². The van der Waals surface area contributed by atoms with Crippen LogP contribution >= 0.6 is 0 Å². The highest BCUT2D eigenvalue weighted by atomic mass is 16.5. The van der Waals surface area contributed by atoms with Crippen LogP contribution in [0.2, 0.25) is 0 Å². The summed E-state index contributed by atoms with van der Waals surface area (Å²) >= 11 is 0. The minimum atomic E-state index is -0.191. The molecule has 0 unspecified atom stereocenters. The summed E-state index contributed by atoms with van der Waals surface area (Å²) in [5.74, 6) is 3.16. The Hall–Kier alpha value is -10.2. The van der Waals surface area contributed by atoms with E-state index in [1.807, 2.05) is 18.2 Å². The van der Waals surface area contributed by atoms with E-state index in [9.17, 15) is 0 Å². The van der Waals surface area contributed by atoms with Gasteiger partial charge in [-0.3, -0.25) is 0 Å². The molecule has 17 rings (SSSR count). The van der Waals surface area contributed by atoms with Gasteiger partial charge in [-0.1, -0.05) is 127 Å². The van der Waals surface area contributed by atoms with E-state index in [1.165, 1.54) is 21.5 Å². The molecule has 0 amide bonds. The van der Waals surface area contributed by atoms with Crippen LogP contribution in [-0.2, 0) is 0 Å². The zero-order valence-corrected chi connectivity index (χ0v) is 41.3. The standard InChI is InChI=1S/C70H41BN2O4/c1-3-18-48(19-4-1)72(60-24-11-16-42-14-7-9-22-52(42)60)50-30-28-44-34-54-56-38-68-58(40-66(56)76-64(54)36-46(44)32-50)71-59-41-67-57(39-69(59)75-63-27-13-26-62(74-68)70(63)71)55-35-45-29-31-51(33-47(45)37-65(55)77-67)73(49-20-5-2-6-21-49)61-25-12-17-43-15-8-10-23-53(43)61/h1-41H. The molecule has 0 aliphatic carbocycles. The van der Waals surface area contributed by atoms with Gasteiger partial charge < -0.3 is 28.1 Å². The Kier molecular flexibility index (Phi) is 8.83. The fourth-order valence-electron chi connectivity index (χ4n) is 12.5. The number of rotatable bonds is 6. The third-order valence-corrected chi connectivity index (χ3v) is 16.0. The summed E-state index contributed by atoms with van der Waals surface area (Å²) in [5.41, 5.74) is 12.8. The van der Waals surface area contributed by atoms with Gasteiger partial charge in [0.15, 0.2) is 0 Å². The number of fused-ring (bicyclic) bond motifs is 14. The SMILES string of the molecule is c1ccc(N(c2ccc3cc4c(cc3c2)oc2cc3c(cc24)Oc2cccc4c2B3c2cc3oc5cc6cc(N(c7ccccc7)c7cccc8ccccc78)ccc6cc5c3cc2O4)c2cccc3ccccc23)cc1. The highest BCUT2D eigenvalue weighted by Crippen LogP contribution is 2.45. The first-order valence-electron chi connectivity index (χ1n) is 26.1. The lowest BCUT2D eigenvalue weighted by Gasteiger charge is -2.32. The Morgan fingerprint density at radius 2 is 0.675 bits per heavy atom. The molecule has 0 atom stereocenters. The molecule has 0 N–H and O–H groups in total. The molecule has 2 aliphatic rings. The number of hydrogen-bond acceptors (Lipinski definition) is 6. The maximum Gasteiger partial charge on any atom is 0.261 e. The number of ether oxygens (including phenoxy) is 2. The molecule has 77 heavy (non-hydrogen) atoms. The van der Waals surface area contributed by atoms with Crippen LogP contribution in [0, 0.1) is 0 Å². The highest BCUT2D eigenvalue weighted by molar-refractivity contribution is 6.98. The van der Waals surface area contributed by atoms with E-state index < -0.39 is 0 Å². The van der Waals surface area contributed by atoms with E-state index in [0.717, 1.165) is 139 Å². The fourth-order valence-corrected chi connectivity index (χ4v) is 12.5. The van der Waals surface area contributed by atoms with E-state index >= 15 is 0 Å². The summed E-state index contributed by atoms with van der Waals surface area (Å²) in [6, 6.07) is 88.4. The molecule has 358 valence electrons. The largest absolute Gasteiger partial charge is 0.458 e. The van der Waals surface area contributed by atoms with Crippen molar-refractivity contribution in [1.29, 1.82) is 0 Å². The molecular weight excluding hydrogens is 944 g/mol. The summed E-state index contributed by atoms with van der Waals surface area (Å²) in [7, 11) is 0. The van der Waals surface area contributed by atoms with Gasteiger partial charge in [-0.2, -0.15) is 0 Å². The Bertz CT molecular complexity index is 4650. The average molecular weight is 985 g/mol. The molecule has 13 aromatic carbocycles. The molecular formula is C70H41BN2O4. The fraction of sp³-hybridized carbons (Fsp3) is 0. The summed E-state index contributed by atoms with van der Waals surface area (Å²) in [6.45, 7) is -0.191. The topological polar surface area (TPSA) is 51.2 Å². The van der Waals surface area contributed by atoms with Crippen LogP contribution in [0.25, 0.3) is 87.0 Å². The zero-order valence-electron chi connectivity index (χ0n) is 41.3. The van der Waals surface area contributed by atoms with Crippen molar-refractivity contribution in [2.75, 3.05) is 9.80 Å². The first-order valence-corrected chi connectivity index (χ1v) is 26.1. The minimum Gasteiger partial charge on any atom is -0.458 e. The van der Waals surface area contributed by atoms with Gasteiger partial charge in [0.1, 0.15) is 45.3 Å². The van der Waals surface area contributed by atoms with E-state index in [1.54, 1.807) is 0 Å². The van der Waals surface area contributed by atoms with Gasteiger partial charge in [0.25, 0.3) is 6.71 Å². The molecule has 2 aliphatic heterocycles. The van der Waals surface area contributed by atoms with Crippen LogP contribution in [-0.4, -0.2) is 6.71 Å². The second-order valence-electron chi connectivity index (χ2n) is 20.4. The third-order valence-electron chi connectivity index (χ3n) is 16.0. The zero-order chi connectivity index (χ0) is 50.3. The number of hydrogen-bond donors (Lipinski definition) is 0. The second kappa shape index (κ2) is 16.1. The molecule has 0 radical (unpaired) electrons. The summed E-state index contributed by atoms with van der Waals surface area (Å²) < 4.78 is 27.5. The normalized spacial score (nSPS) is 12.6. The number of benzene rings is 13. The Balaban J connectivity index is 0.777. The van der Waals surface area contributed by atoms with Crippen molar-refractivity contribution in [2.45, 2.75) is 0 Å². The number of nitrogens with zero attached hydrogens (tertiary/aromatic N) is 2. The first kappa shape index (κ1) is 42.2. The van der Waals surface area contributed by atoms with E-state index in [4.69, 9.17) is 18.3 Å². The van der Waals surface area contributed by atoms with Crippen molar-refractivity contribution in [1.82, 2.24) is 0 Å². The molecule has 0 fully saturated rings. The predicted molar refractivity (Wildman–Crippen MR) is 318 cm³/mol. The van der Waals surface area contributed by atoms with Crippen molar-refractivity contribution >= 4 is 144 Å². The monoisotopic (exact) mass is 984 g/mol. The van der Waals surface area contributed by atoms with Crippen LogP contribution in [0.4, 0.5) is 34.1 Å². The van der Waals surface area contributed by atoms with Crippen LogP contribution in [0.5, 0.6) is 23.0 Å². The number of para-hydroxylation sites is 2. The van der Waals surface area contributed by atoms with E-state index in [0.29, 0.717) is 0 Å². The quantitative estimate of drug-likeness (QED) is 0.155. The Labute approximate surface area is 441 Å². The van der Waals surface area contributed by atoms with Crippen molar-refractivity contribution in [3.05, 3.63) is 249 Å². The lowest BCUT2D eigenvalue weighted by atomic mass is 9.35. The van der Waals surface area contributed by atoms with Gasteiger partial charge in [0.2, 0.25) is 0 Å². The lowest BCUT2D eigenvalue weighted by Crippen LogP contribution is -2.57. The van der Waals surface area contributed by atoms with Crippen molar-refractivity contribution in [3.63, 3.8) is 0 Å². The number of anilines is 6. The molecule has 0 spiro atoms. The maximum atomic E-state index is 6.89. The molecule has 7 heteroatoms. The summed E-state index contributed by atoms with van der Waals surface area (Å²) in [5, 5.41) is 13.3. The molecule has 0 saturated heterocycles. The third kappa shape index (κ3) is 6.44. The van der Waals surface area contributed by atoms with Crippen LogP contribution < -0.4 is 35.7 Å². The van der Waals surface area contributed by atoms with Crippen LogP contribution in [0.15, 0.2) is 258 Å². The van der Waals surface area contributed by atoms with Gasteiger partial charge in [-0.15, -0.1) is 0 Å². The summed E-state index contributed by atoms with van der Waals surface area (Å²) in [6.07, 6.45) is 0. The molecule has 0 bridgehead atoms. The molecule has 15 aromatic rings. The van der Waals surface area contributed by atoms with Crippen molar-refractivity contribution in [3.8, 4) is 23.0 Å². The molecule has 6 nitrogen and oxygen atoms in total. The highest BCUT2D eigenvalue weighted by Gasteiger charge is 2.41.